The maximum atomic E-state index is 12.3. The molecule has 9 heteroatoms. The second kappa shape index (κ2) is 8.57. The molecule has 0 unspecified atom stereocenters. The Balaban J connectivity index is 1.65. The van der Waals surface area contributed by atoms with Gasteiger partial charge in [-0.15, -0.1) is 0 Å². The van der Waals surface area contributed by atoms with Crippen molar-refractivity contribution in [2.75, 3.05) is 0 Å². The van der Waals surface area contributed by atoms with Gasteiger partial charge in [0.2, 0.25) is 0 Å². The van der Waals surface area contributed by atoms with Crippen LogP contribution < -0.4 is 21.2 Å². The zero-order valence-electron chi connectivity index (χ0n) is 14.5. The molecule has 3 rings (SSSR count). The van der Waals surface area contributed by atoms with Gasteiger partial charge in [-0.3, -0.25) is 20.4 Å². The molecule has 0 aliphatic rings. The lowest BCUT2D eigenvalue weighted by Gasteiger charge is -2.15. The first-order valence-electron chi connectivity index (χ1n) is 8.09. The first-order valence-corrected chi connectivity index (χ1v) is 9.68. The number of rotatable bonds is 4. The summed E-state index contributed by atoms with van der Waals surface area (Å²) in [6.07, 6.45) is -0.870. The Morgan fingerprint density at radius 1 is 1.00 bits per heavy atom. The molecule has 144 valence electrons. The molecule has 2 aromatic carbocycles. The van der Waals surface area contributed by atoms with Crippen LogP contribution in [-0.4, -0.2) is 17.9 Å². The number of carbonyl (C=O) groups excluding carboxylic acids is 2. The van der Waals surface area contributed by atoms with Crippen molar-refractivity contribution in [2.45, 2.75) is 13.0 Å². The van der Waals surface area contributed by atoms with E-state index in [-0.39, 0.29) is 5.56 Å². The minimum Gasteiger partial charge on any atom is -0.481 e. The van der Waals surface area contributed by atoms with E-state index in [1.54, 1.807) is 42.5 Å². The Morgan fingerprint density at radius 3 is 2.39 bits per heavy atom. The van der Waals surface area contributed by atoms with Gasteiger partial charge in [-0.2, -0.15) is 0 Å². The third kappa shape index (κ3) is 4.79. The number of ether oxygens (including phenoxy) is 1. The summed E-state index contributed by atoms with van der Waals surface area (Å²) in [6.45, 7) is 1.53. The van der Waals surface area contributed by atoms with Crippen LogP contribution in [-0.2, 0) is 4.79 Å². The standard InChI is InChI=1S/C19H14Br2N2O5/c1-10(27-14-5-2-12(20)3-6-14)17(24)22-23-18(25)15-9-11-8-13(21)4-7-16(11)28-19(15)26/h2-10H,1H3,(H,22,24)(H,23,25)/t10-/m0/s1. The molecule has 0 saturated heterocycles. The van der Waals surface area contributed by atoms with Crippen molar-refractivity contribution < 1.29 is 18.7 Å². The maximum absolute atomic E-state index is 12.3. The number of hydrogen-bond donors (Lipinski definition) is 2. The summed E-state index contributed by atoms with van der Waals surface area (Å²) >= 11 is 6.63. The van der Waals surface area contributed by atoms with Crippen LogP contribution in [0, 0.1) is 0 Å². The van der Waals surface area contributed by atoms with Gasteiger partial charge in [0, 0.05) is 14.3 Å². The molecule has 1 heterocycles. The lowest BCUT2D eigenvalue weighted by atomic mass is 10.2. The molecule has 0 aliphatic heterocycles. The molecule has 0 aliphatic carbocycles. The summed E-state index contributed by atoms with van der Waals surface area (Å²) in [5, 5.41) is 0.567. The van der Waals surface area contributed by atoms with Crippen LogP contribution in [0.15, 0.2) is 66.7 Å². The van der Waals surface area contributed by atoms with Crippen LogP contribution in [0.2, 0.25) is 0 Å². The van der Waals surface area contributed by atoms with Crippen molar-refractivity contribution >= 4 is 54.6 Å². The van der Waals surface area contributed by atoms with Gasteiger partial charge in [-0.1, -0.05) is 31.9 Å². The van der Waals surface area contributed by atoms with Gasteiger partial charge in [0.15, 0.2) is 6.10 Å². The van der Waals surface area contributed by atoms with Gasteiger partial charge >= 0.3 is 5.63 Å². The molecule has 7 nitrogen and oxygen atoms in total. The third-order valence-corrected chi connectivity index (χ3v) is 4.76. The van der Waals surface area contributed by atoms with E-state index in [0.717, 1.165) is 8.95 Å². The van der Waals surface area contributed by atoms with Crippen LogP contribution in [0.25, 0.3) is 11.0 Å². The van der Waals surface area contributed by atoms with Crippen molar-refractivity contribution in [3.8, 4) is 5.75 Å². The molecule has 0 radical (unpaired) electrons. The number of hydrogen-bond acceptors (Lipinski definition) is 5. The first-order chi connectivity index (χ1) is 13.3. The van der Waals surface area contributed by atoms with E-state index in [1.165, 1.54) is 13.0 Å². The van der Waals surface area contributed by atoms with Gasteiger partial charge in [-0.25, -0.2) is 4.79 Å². The van der Waals surface area contributed by atoms with Crippen molar-refractivity contribution in [1.29, 1.82) is 0 Å². The highest BCUT2D eigenvalue weighted by molar-refractivity contribution is 9.10. The number of benzene rings is 2. The Hall–Kier alpha value is -2.65. The van der Waals surface area contributed by atoms with E-state index in [0.29, 0.717) is 16.7 Å². The Bertz CT molecular complexity index is 1100. The van der Waals surface area contributed by atoms with Crippen LogP contribution in [0.3, 0.4) is 0 Å². The fourth-order valence-electron chi connectivity index (χ4n) is 2.31. The van der Waals surface area contributed by atoms with E-state index < -0.39 is 23.5 Å². The lowest BCUT2D eigenvalue weighted by Crippen LogP contribution is -2.48. The normalized spacial score (nSPS) is 11.7. The molecule has 0 spiro atoms. The van der Waals surface area contributed by atoms with E-state index in [4.69, 9.17) is 9.15 Å². The van der Waals surface area contributed by atoms with Crippen molar-refractivity contribution in [3.63, 3.8) is 0 Å². The molecule has 0 saturated carbocycles. The molecule has 1 atom stereocenters. The van der Waals surface area contributed by atoms with E-state index in [1.807, 2.05) is 0 Å². The second-order valence-corrected chi connectivity index (χ2v) is 7.62. The van der Waals surface area contributed by atoms with Gasteiger partial charge in [0.1, 0.15) is 16.9 Å². The van der Waals surface area contributed by atoms with Crippen LogP contribution in [0.1, 0.15) is 17.3 Å². The predicted octanol–water partition coefficient (Wildman–Crippen LogP) is 3.55. The van der Waals surface area contributed by atoms with Crippen LogP contribution >= 0.6 is 31.9 Å². The number of amides is 2. The number of carbonyl (C=O) groups is 2. The molecule has 2 amide bonds. The first kappa shape index (κ1) is 20.1. The second-order valence-electron chi connectivity index (χ2n) is 5.79. The van der Waals surface area contributed by atoms with Crippen molar-refractivity contribution in [2.24, 2.45) is 0 Å². The zero-order valence-corrected chi connectivity index (χ0v) is 17.7. The Morgan fingerprint density at radius 2 is 1.68 bits per heavy atom. The number of nitrogens with one attached hydrogen (secondary N) is 2. The molecule has 0 fully saturated rings. The fourth-order valence-corrected chi connectivity index (χ4v) is 2.95. The summed E-state index contributed by atoms with van der Waals surface area (Å²) < 4.78 is 12.3. The van der Waals surface area contributed by atoms with E-state index in [2.05, 4.69) is 42.7 Å². The van der Waals surface area contributed by atoms with Gasteiger partial charge in [0.25, 0.3) is 11.8 Å². The quantitative estimate of drug-likeness (QED) is 0.414. The van der Waals surface area contributed by atoms with Crippen LogP contribution in [0.4, 0.5) is 0 Å². The molecular weight excluding hydrogens is 496 g/mol. The number of hydrazine groups is 1. The minimum absolute atomic E-state index is 0.229. The third-order valence-electron chi connectivity index (χ3n) is 3.73. The molecule has 1 aromatic heterocycles. The van der Waals surface area contributed by atoms with Crippen molar-refractivity contribution in [1.82, 2.24) is 10.9 Å². The largest absolute Gasteiger partial charge is 0.481 e. The smallest absolute Gasteiger partial charge is 0.349 e. The number of fused-ring (bicyclic) bond motifs is 1. The Labute approximate surface area is 176 Å². The average Bonchev–Trinajstić information content (AvgIpc) is 2.67. The lowest BCUT2D eigenvalue weighted by molar-refractivity contribution is -0.128. The summed E-state index contributed by atoms with van der Waals surface area (Å²) in [6, 6.07) is 13.4. The highest BCUT2D eigenvalue weighted by Gasteiger charge is 2.18. The van der Waals surface area contributed by atoms with Gasteiger partial charge < -0.3 is 9.15 Å². The molecule has 0 bridgehead atoms. The maximum Gasteiger partial charge on any atom is 0.349 e. The predicted molar refractivity (Wildman–Crippen MR) is 110 cm³/mol. The summed E-state index contributed by atoms with van der Waals surface area (Å²) in [4.78, 5) is 36.4. The summed E-state index contributed by atoms with van der Waals surface area (Å²) in [7, 11) is 0. The SMILES string of the molecule is C[C@H](Oc1ccc(Br)cc1)C(=O)NNC(=O)c1cc2cc(Br)ccc2oc1=O. The highest BCUT2D eigenvalue weighted by atomic mass is 79.9. The summed E-state index contributed by atoms with van der Waals surface area (Å²) in [5.41, 5.74) is 3.75. The van der Waals surface area contributed by atoms with Crippen LogP contribution in [0.5, 0.6) is 5.75 Å². The molecule has 2 N–H and O–H groups in total. The zero-order chi connectivity index (χ0) is 20.3. The fraction of sp³-hybridized carbons (Fsp3) is 0.105. The van der Waals surface area contributed by atoms with E-state index in [9.17, 15) is 14.4 Å². The Kier molecular flexibility index (Phi) is 6.15. The molecular formula is C19H14Br2N2O5. The topological polar surface area (TPSA) is 97.6 Å². The van der Waals surface area contributed by atoms with E-state index >= 15 is 0 Å². The monoisotopic (exact) mass is 508 g/mol. The van der Waals surface area contributed by atoms with Crippen molar-refractivity contribution in [3.05, 3.63) is 73.5 Å². The average molecular weight is 510 g/mol. The van der Waals surface area contributed by atoms with Gasteiger partial charge in [-0.05, 0) is 55.5 Å². The minimum atomic E-state index is -0.870. The van der Waals surface area contributed by atoms with Gasteiger partial charge in [0.05, 0.1) is 0 Å². The highest BCUT2D eigenvalue weighted by Crippen LogP contribution is 2.19. The summed E-state index contributed by atoms with van der Waals surface area (Å²) in [5.74, 6) is -0.873. The molecule has 3 aromatic rings. The number of halogens is 2. The molecule has 28 heavy (non-hydrogen) atoms.